The van der Waals surface area contributed by atoms with E-state index in [-0.39, 0.29) is 11.4 Å². The van der Waals surface area contributed by atoms with Gasteiger partial charge in [0.25, 0.3) is 5.56 Å². The average Bonchev–Trinajstić information content (AvgIpc) is 2.82. The summed E-state index contributed by atoms with van der Waals surface area (Å²) >= 11 is 0. The van der Waals surface area contributed by atoms with Crippen LogP contribution in [0.15, 0.2) is 83.7 Å². The van der Waals surface area contributed by atoms with E-state index in [1.807, 2.05) is 48.5 Å². The number of hydrogen-bond donors (Lipinski definition) is 1. The van der Waals surface area contributed by atoms with E-state index in [1.165, 1.54) is 5.56 Å². The molecule has 1 N–H and O–H groups in total. The van der Waals surface area contributed by atoms with Gasteiger partial charge in [-0.15, -0.1) is 0 Å². The van der Waals surface area contributed by atoms with Gasteiger partial charge in [-0.1, -0.05) is 54.6 Å². The lowest BCUT2D eigenvalue weighted by Gasteiger charge is -2.07. The molecule has 3 aromatic carbocycles. The predicted molar refractivity (Wildman–Crippen MR) is 123 cm³/mol. The van der Waals surface area contributed by atoms with Gasteiger partial charge < -0.3 is 9.72 Å². The summed E-state index contributed by atoms with van der Waals surface area (Å²) < 4.78 is 5.82. The second kappa shape index (κ2) is 9.55. The van der Waals surface area contributed by atoms with Gasteiger partial charge in [0, 0.05) is 0 Å². The van der Waals surface area contributed by atoms with E-state index in [0.29, 0.717) is 23.1 Å². The largest absolute Gasteiger partial charge is 0.494 e. The standard InChI is InChI=1S/C26H21N3O2/c27-18-21(25-28-24-11-5-4-10-23(24)26(30)29-25)17-20-12-14-22(15-13-20)31-16-6-9-19-7-2-1-3-8-19/h1-5,7-8,10-15,17H,6,9,16H2,(H,28,29,30)/b21-17-. The van der Waals surface area contributed by atoms with Gasteiger partial charge in [-0.3, -0.25) is 4.79 Å². The van der Waals surface area contributed by atoms with Crippen LogP contribution in [0.1, 0.15) is 23.4 Å². The number of nitrogens with one attached hydrogen (secondary N) is 1. The Kier molecular flexibility index (Phi) is 6.20. The Balaban J connectivity index is 1.43. The lowest BCUT2D eigenvalue weighted by molar-refractivity contribution is 0.311. The minimum atomic E-state index is -0.263. The molecular weight excluding hydrogens is 386 g/mol. The van der Waals surface area contributed by atoms with Gasteiger partial charge in [0.15, 0.2) is 5.82 Å². The first-order valence-corrected chi connectivity index (χ1v) is 10.1. The van der Waals surface area contributed by atoms with Crippen LogP contribution in [0.4, 0.5) is 0 Å². The van der Waals surface area contributed by atoms with Crippen LogP contribution < -0.4 is 10.3 Å². The van der Waals surface area contributed by atoms with Crippen LogP contribution in [-0.2, 0) is 6.42 Å². The lowest BCUT2D eigenvalue weighted by Crippen LogP contribution is -2.11. The van der Waals surface area contributed by atoms with Gasteiger partial charge in [-0.05, 0) is 54.3 Å². The number of hydrogen-bond acceptors (Lipinski definition) is 4. The Morgan fingerprint density at radius 2 is 1.74 bits per heavy atom. The van der Waals surface area contributed by atoms with Crippen LogP contribution in [0.5, 0.6) is 5.75 Å². The number of benzene rings is 3. The molecule has 0 saturated heterocycles. The molecule has 0 amide bonds. The third-order valence-corrected chi connectivity index (χ3v) is 4.90. The van der Waals surface area contributed by atoms with Crippen molar-refractivity contribution in [3.8, 4) is 11.8 Å². The molecule has 0 unspecified atom stereocenters. The minimum Gasteiger partial charge on any atom is -0.494 e. The number of aromatic amines is 1. The summed E-state index contributed by atoms with van der Waals surface area (Å²) in [4.78, 5) is 19.4. The van der Waals surface area contributed by atoms with Crippen molar-refractivity contribution >= 4 is 22.6 Å². The molecule has 5 nitrogen and oxygen atoms in total. The van der Waals surface area contributed by atoms with Gasteiger partial charge in [0.1, 0.15) is 11.8 Å². The summed E-state index contributed by atoms with van der Waals surface area (Å²) in [6.45, 7) is 0.635. The summed E-state index contributed by atoms with van der Waals surface area (Å²) in [5.74, 6) is 1.04. The highest BCUT2D eigenvalue weighted by molar-refractivity contribution is 5.89. The van der Waals surface area contributed by atoms with E-state index >= 15 is 0 Å². The molecule has 0 aliphatic heterocycles. The molecule has 1 heterocycles. The van der Waals surface area contributed by atoms with Crippen LogP contribution >= 0.6 is 0 Å². The van der Waals surface area contributed by atoms with E-state index < -0.39 is 0 Å². The number of fused-ring (bicyclic) bond motifs is 1. The number of H-pyrrole nitrogens is 1. The number of ether oxygens (including phenoxy) is 1. The Morgan fingerprint density at radius 1 is 1.00 bits per heavy atom. The lowest BCUT2D eigenvalue weighted by atomic mass is 10.1. The van der Waals surface area contributed by atoms with E-state index in [9.17, 15) is 10.1 Å². The molecule has 5 heteroatoms. The summed E-state index contributed by atoms with van der Waals surface area (Å²) in [5, 5.41) is 10.1. The highest BCUT2D eigenvalue weighted by Crippen LogP contribution is 2.19. The topological polar surface area (TPSA) is 78.8 Å². The fourth-order valence-electron chi connectivity index (χ4n) is 3.31. The van der Waals surface area contributed by atoms with E-state index in [0.717, 1.165) is 24.2 Å². The molecule has 0 fully saturated rings. The van der Waals surface area contributed by atoms with E-state index in [1.54, 1.807) is 24.3 Å². The molecule has 0 aliphatic carbocycles. The number of aryl methyl sites for hydroxylation is 1. The normalized spacial score (nSPS) is 11.3. The highest BCUT2D eigenvalue weighted by Gasteiger charge is 2.08. The van der Waals surface area contributed by atoms with Crippen molar-refractivity contribution in [3.63, 3.8) is 0 Å². The quantitative estimate of drug-likeness (QED) is 0.345. The van der Waals surface area contributed by atoms with E-state index in [2.05, 4.69) is 28.2 Å². The van der Waals surface area contributed by atoms with Crippen LogP contribution in [0.25, 0.3) is 22.6 Å². The molecule has 0 atom stereocenters. The van der Waals surface area contributed by atoms with Crippen LogP contribution in [0.2, 0.25) is 0 Å². The zero-order chi connectivity index (χ0) is 21.5. The van der Waals surface area contributed by atoms with Gasteiger partial charge in [-0.2, -0.15) is 5.26 Å². The minimum absolute atomic E-state index is 0.257. The molecule has 152 valence electrons. The average molecular weight is 407 g/mol. The number of nitriles is 1. The van der Waals surface area contributed by atoms with Gasteiger partial charge in [0.2, 0.25) is 0 Å². The van der Waals surface area contributed by atoms with Crippen LogP contribution in [-0.4, -0.2) is 16.6 Å². The van der Waals surface area contributed by atoms with Gasteiger partial charge >= 0.3 is 0 Å². The maximum absolute atomic E-state index is 12.3. The van der Waals surface area contributed by atoms with Crippen molar-refractivity contribution in [2.45, 2.75) is 12.8 Å². The molecule has 4 rings (SSSR count). The number of aromatic nitrogens is 2. The Morgan fingerprint density at radius 3 is 2.52 bits per heavy atom. The number of rotatable bonds is 7. The second-order valence-electron chi connectivity index (χ2n) is 7.11. The first kappa shape index (κ1) is 20.1. The van der Waals surface area contributed by atoms with Gasteiger partial charge in [0.05, 0.1) is 23.1 Å². The fourth-order valence-corrected chi connectivity index (χ4v) is 3.31. The summed E-state index contributed by atoms with van der Waals surface area (Å²) in [5.41, 5.74) is 2.71. The molecule has 1 aromatic heterocycles. The Bertz CT molecular complexity index is 1300. The second-order valence-corrected chi connectivity index (χ2v) is 7.11. The molecule has 0 aliphatic rings. The molecule has 4 aromatic rings. The molecule has 0 bridgehead atoms. The van der Waals surface area contributed by atoms with Crippen LogP contribution in [0.3, 0.4) is 0 Å². The smallest absolute Gasteiger partial charge is 0.259 e. The Labute approximate surface area is 180 Å². The van der Waals surface area contributed by atoms with Gasteiger partial charge in [-0.25, -0.2) is 4.98 Å². The number of allylic oxidation sites excluding steroid dienone is 1. The van der Waals surface area contributed by atoms with Crippen molar-refractivity contribution in [1.29, 1.82) is 5.26 Å². The monoisotopic (exact) mass is 407 g/mol. The van der Waals surface area contributed by atoms with Crippen molar-refractivity contribution in [2.24, 2.45) is 0 Å². The maximum atomic E-state index is 12.3. The van der Waals surface area contributed by atoms with Crippen molar-refractivity contribution in [2.75, 3.05) is 6.61 Å². The maximum Gasteiger partial charge on any atom is 0.259 e. The first-order valence-electron chi connectivity index (χ1n) is 10.1. The summed E-state index contributed by atoms with van der Waals surface area (Å²) in [6.07, 6.45) is 3.61. The molecule has 31 heavy (non-hydrogen) atoms. The first-order chi connectivity index (χ1) is 15.2. The fraction of sp³-hybridized carbons (Fsp3) is 0.115. The van der Waals surface area contributed by atoms with Crippen molar-refractivity contribution < 1.29 is 4.74 Å². The zero-order valence-electron chi connectivity index (χ0n) is 16.9. The predicted octanol–water partition coefficient (Wildman–Crippen LogP) is 5.00. The SMILES string of the molecule is N#C/C(=C/c1ccc(OCCCc2ccccc2)cc1)c1nc2ccccc2c(=O)[nH]1. The third kappa shape index (κ3) is 5.06. The number of nitrogens with zero attached hydrogens (tertiary/aromatic N) is 2. The number of para-hydroxylation sites is 1. The molecule has 0 saturated carbocycles. The molecule has 0 spiro atoms. The van der Waals surface area contributed by atoms with Crippen molar-refractivity contribution in [1.82, 2.24) is 9.97 Å². The summed E-state index contributed by atoms with van der Waals surface area (Å²) in [6, 6.07) is 27.0. The highest BCUT2D eigenvalue weighted by atomic mass is 16.5. The van der Waals surface area contributed by atoms with Crippen LogP contribution in [0, 0.1) is 11.3 Å². The third-order valence-electron chi connectivity index (χ3n) is 4.90. The summed E-state index contributed by atoms with van der Waals surface area (Å²) in [7, 11) is 0. The molecular formula is C26H21N3O2. The molecule has 0 radical (unpaired) electrons. The van der Waals surface area contributed by atoms with E-state index in [4.69, 9.17) is 4.74 Å². The Hall–Kier alpha value is -4.17. The van der Waals surface area contributed by atoms with Crippen molar-refractivity contribution in [3.05, 3.63) is 106 Å². The zero-order valence-corrected chi connectivity index (χ0v) is 16.9.